The van der Waals surface area contributed by atoms with E-state index in [-0.39, 0.29) is 6.54 Å². The third-order valence-corrected chi connectivity index (χ3v) is 1.47. The molecule has 0 saturated heterocycles. The minimum absolute atomic E-state index is 0.0344. The molecule has 5 heteroatoms. The molecule has 0 aromatic carbocycles. The summed E-state index contributed by atoms with van der Waals surface area (Å²) in [5.74, 6) is -0.815. The summed E-state index contributed by atoms with van der Waals surface area (Å²) in [6, 6.07) is 5.58. The number of aromatic nitrogens is 1. The number of hydrogen-bond acceptors (Lipinski definition) is 3. The van der Waals surface area contributed by atoms with Gasteiger partial charge in [-0.25, -0.2) is 10.1 Å². The van der Waals surface area contributed by atoms with E-state index in [1.54, 1.807) is 10.8 Å². The number of carboxylic acid groups (broad SMARTS) is 1. The first-order valence-electron chi connectivity index (χ1n) is 3.80. The third-order valence-electron chi connectivity index (χ3n) is 1.47. The van der Waals surface area contributed by atoms with Gasteiger partial charge in [0.15, 0.2) is 11.9 Å². The number of aryl methyl sites for hydroxylation is 1. The molecule has 0 atom stereocenters. The summed E-state index contributed by atoms with van der Waals surface area (Å²) in [6.45, 7) is 1.91. The molecule has 74 valence electrons. The Morgan fingerprint density at radius 2 is 2.29 bits per heavy atom. The number of aliphatic carboxylic acids is 1. The lowest BCUT2D eigenvalue weighted by Gasteiger charge is -1.94. The highest BCUT2D eigenvalue weighted by Gasteiger charge is 2.08. The van der Waals surface area contributed by atoms with Crippen LogP contribution in [0.4, 0.5) is 0 Å². The van der Waals surface area contributed by atoms with Gasteiger partial charge in [0.1, 0.15) is 0 Å². The molecule has 0 aliphatic carbocycles. The molecule has 0 saturated carbocycles. The van der Waals surface area contributed by atoms with Gasteiger partial charge in [-0.3, -0.25) is 0 Å². The lowest BCUT2D eigenvalue weighted by Crippen LogP contribution is -2.40. The number of rotatable bonds is 2. The summed E-state index contributed by atoms with van der Waals surface area (Å²) in [5.41, 5.74) is 0.954. The Bertz CT molecular complexity index is 347. The number of hydrogen-bond donors (Lipinski definition) is 1. The van der Waals surface area contributed by atoms with Gasteiger partial charge in [0.25, 0.3) is 0 Å². The van der Waals surface area contributed by atoms with Gasteiger partial charge < -0.3 is 17.7 Å². The molecule has 0 bridgehead atoms. The van der Waals surface area contributed by atoms with Gasteiger partial charge in [-0.05, 0) is 0 Å². The van der Waals surface area contributed by atoms with Crippen molar-refractivity contribution in [1.29, 1.82) is 5.26 Å². The van der Waals surface area contributed by atoms with Crippen molar-refractivity contribution in [2.45, 2.75) is 13.5 Å². The van der Waals surface area contributed by atoms with Crippen LogP contribution in [0.2, 0.25) is 0 Å². The van der Waals surface area contributed by atoms with Crippen molar-refractivity contribution in [3.05, 3.63) is 30.1 Å². The molecular formula is C9H10N2O2S. The standard InChI is InChI=1S/C8H9NO2.CHNS/c1-7-4-2-3-5-9(7)6-8(10)11;2-1-3/h2-5H,6H2,1H3;3H. The van der Waals surface area contributed by atoms with E-state index in [2.05, 4.69) is 12.6 Å². The monoisotopic (exact) mass is 210 g/mol. The van der Waals surface area contributed by atoms with Crippen LogP contribution < -0.4 is 4.57 Å². The van der Waals surface area contributed by atoms with Gasteiger partial charge in [-0.2, -0.15) is 4.57 Å². The van der Waals surface area contributed by atoms with Crippen molar-refractivity contribution in [3.8, 4) is 5.40 Å². The fraction of sp³-hybridized carbons (Fsp3) is 0.222. The van der Waals surface area contributed by atoms with E-state index >= 15 is 0 Å². The minimum atomic E-state index is -0.815. The summed E-state index contributed by atoms with van der Waals surface area (Å²) in [7, 11) is 0. The SMILES string of the molecule is Cc1cccc[n+]1CC(=O)O.N#C[S-]. The molecular weight excluding hydrogens is 200 g/mol. The number of thiocyanates is 1. The minimum Gasteiger partial charge on any atom is -0.696 e. The Balaban J connectivity index is 0.000000500. The van der Waals surface area contributed by atoms with Crippen molar-refractivity contribution in [1.82, 2.24) is 0 Å². The van der Waals surface area contributed by atoms with E-state index in [0.29, 0.717) is 0 Å². The number of pyridine rings is 1. The fourth-order valence-corrected chi connectivity index (χ4v) is 0.885. The summed E-state index contributed by atoms with van der Waals surface area (Å²) in [4.78, 5) is 10.3. The van der Waals surface area contributed by atoms with Gasteiger partial charge in [0.05, 0.1) is 0 Å². The van der Waals surface area contributed by atoms with Crippen LogP contribution >= 0.6 is 0 Å². The second-order valence-corrected chi connectivity index (χ2v) is 2.64. The highest BCUT2D eigenvalue weighted by molar-refractivity contribution is 7.64. The van der Waals surface area contributed by atoms with Crippen LogP contribution in [-0.4, -0.2) is 11.1 Å². The summed E-state index contributed by atoms with van der Waals surface area (Å²) in [6.07, 6.45) is 1.75. The Morgan fingerprint density at radius 1 is 1.71 bits per heavy atom. The Morgan fingerprint density at radius 3 is 2.71 bits per heavy atom. The normalized spacial score (nSPS) is 8.00. The Hall–Kier alpha value is -1.67. The maximum atomic E-state index is 10.3. The first-order valence-corrected chi connectivity index (χ1v) is 4.20. The molecule has 0 aliphatic heterocycles. The predicted molar refractivity (Wildman–Crippen MR) is 52.0 cm³/mol. The van der Waals surface area contributed by atoms with Crippen LogP contribution in [0, 0.1) is 17.6 Å². The average Bonchev–Trinajstić information content (AvgIpc) is 2.09. The second kappa shape index (κ2) is 6.80. The van der Waals surface area contributed by atoms with Gasteiger partial charge in [-0.15, -0.1) is 0 Å². The summed E-state index contributed by atoms with van der Waals surface area (Å²) >= 11 is 3.70. The zero-order valence-corrected chi connectivity index (χ0v) is 8.49. The predicted octanol–water partition coefficient (Wildman–Crippen LogP) is 0.382. The number of nitrogens with zero attached hydrogens (tertiary/aromatic N) is 2. The van der Waals surface area contributed by atoms with Crippen LogP contribution in [-0.2, 0) is 24.0 Å². The number of carbonyl (C=O) groups is 1. The Kier molecular flexibility index (Phi) is 5.99. The zero-order chi connectivity index (χ0) is 11.0. The van der Waals surface area contributed by atoms with E-state index in [1.165, 1.54) is 5.40 Å². The Labute approximate surface area is 87.8 Å². The maximum absolute atomic E-state index is 10.3. The smallest absolute Gasteiger partial charge is 0.370 e. The summed E-state index contributed by atoms with van der Waals surface area (Å²) < 4.78 is 1.68. The summed E-state index contributed by atoms with van der Waals surface area (Å²) in [5, 5.41) is 16.9. The van der Waals surface area contributed by atoms with Crippen molar-refractivity contribution in [2.24, 2.45) is 0 Å². The largest absolute Gasteiger partial charge is 0.696 e. The van der Waals surface area contributed by atoms with Crippen molar-refractivity contribution >= 4 is 18.6 Å². The molecule has 0 spiro atoms. The molecule has 1 heterocycles. The van der Waals surface area contributed by atoms with Crippen molar-refractivity contribution in [3.63, 3.8) is 0 Å². The molecule has 0 unspecified atom stereocenters. The molecule has 4 nitrogen and oxygen atoms in total. The number of carboxylic acids is 1. The molecule has 0 radical (unpaired) electrons. The van der Waals surface area contributed by atoms with Crippen LogP contribution in [0.15, 0.2) is 24.4 Å². The van der Waals surface area contributed by atoms with Crippen LogP contribution in [0.1, 0.15) is 5.69 Å². The van der Waals surface area contributed by atoms with E-state index in [0.717, 1.165) is 5.69 Å². The zero-order valence-electron chi connectivity index (χ0n) is 7.67. The molecule has 1 rings (SSSR count). The maximum Gasteiger partial charge on any atom is 0.370 e. The highest BCUT2D eigenvalue weighted by atomic mass is 32.1. The van der Waals surface area contributed by atoms with Crippen LogP contribution in [0.25, 0.3) is 0 Å². The molecule has 1 aromatic heterocycles. The number of nitriles is 1. The van der Waals surface area contributed by atoms with Gasteiger partial charge in [0, 0.05) is 19.1 Å². The van der Waals surface area contributed by atoms with Crippen LogP contribution in [0.5, 0.6) is 0 Å². The molecule has 14 heavy (non-hydrogen) atoms. The molecule has 0 aliphatic rings. The van der Waals surface area contributed by atoms with Crippen molar-refractivity contribution < 1.29 is 14.5 Å². The lowest BCUT2D eigenvalue weighted by molar-refractivity contribution is -0.691. The molecule has 1 N–H and O–H groups in total. The first-order chi connectivity index (χ1) is 6.61. The van der Waals surface area contributed by atoms with Crippen molar-refractivity contribution in [2.75, 3.05) is 0 Å². The fourth-order valence-electron chi connectivity index (χ4n) is 0.885. The van der Waals surface area contributed by atoms with E-state index in [4.69, 9.17) is 10.4 Å². The first kappa shape index (κ1) is 12.3. The highest BCUT2D eigenvalue weighted by Crippen LogP contribution is 1.86. The quantitative estimate of drug-likeness (QED) is 0.435. The molecule has 1 aromatic rings. The molecule has 0 fully saturated rings. The lowest BCUT2D eigenvalue weighted by atomic mass is 10.3. The molecule has 0 amide bonds. The third kappa shape index (κ3) is 5.06. The van der Waals surface area contributed by atoms with E-state index in [9.17, 15) is 4.79 Å². The van der Waals surface area contributed by atoms with E-state index < -0.39 is 5.97 Å². The van der Waals surface area contributed by atoms with Gasteiger partial charge in [0.2, 0.25) is 6.54 Å². The second-order valence-electron chi connectivity index (χ2n) is 2.45. The van der Waals surface area contributed by atoms with Gasteiger partial charge >= 0.3 is 5.97 Å². The topological polar surface area (TPSA) is 65.0 Å². The van der Waals surface area contributed by atoms with Crippen LogP contribution in [0.3, 0.4) is 0 Å². The average molecular weight is 210 g/mol. The van der Waals surface area contributed by atoms with E-state index in [1.807, 2.05) is 25.1 Å². The van der Waals surface area contributed by atoms with Gasteiger partial charge in [-0.1, -0.05) is 11.5 Å².